The lowest BCUT2D eigenvalue weighted by Crippen LogP contribution is -1.89. The molecule has 0 bridgehead atoms. The average molecular weight is 226 g/mol. The van der Waals surface area contributed by atoms with Gasteiger partial charge in [-0.15, -0.1) is 35.4 Å². The molecular formula is C10H10O2S2. The number of carboxylic acids is 1. The minimum Gasteiger partial charge on any atom is -0.477 e. The number of carbonyl (C=O) groups is 1. The predicted octanol–water partition coefficient (Wildman–Crippen LogP) is 2.95. The normalized spacial score (nSPS) is 9.64. The summed E-state index contributed by atoms with van der Waals surface area (Å²) in [6, 6.07) is 1.70. The van der Waals surface area contributed by atoms with Gasteiger partial charge >= 0.3 is 5.97 Å². The Morgan fingerprint density at radius 2 is 2.50 bits per heavy atom. The molecule has 1 heterocycles. The fraction of sp³-hybridized carbons (Fsp3) is 0.300. The first-order valence-electron chi connectivity index (χ1n) is 4.12. The molecule has 1 aromatic rings. The molecule has 1 N–H and O–H groups in total. The molecule has 0 amide bonds. The van der Waals surface area contributed by atoms with Crippen molar-refractivity contribution in [1.29, 1.82) is 0 Å². The van der Waals surface area contributed by atoms with Crippen molar-refractivity contribution in [3.63, 3.8) is 0 Å². The first-order valence-corrected chi connectivity index (χ1v) is 5.98. The number of hydrogen-bond acceptors (Lipinski definition) is 3. The van der Waals surface area contributed by atoms with Crippen molar-refractivity contribution in [3.8, 4) is 12.3 Å². The molecule has 4 heteroatoms. The van der Waals surface area contributed by atoms with Crippen LogP contribution in [0, 0.1) is 12.3 Å². The van der Waals surface area contributed by atoms with Crippen molar-refractivity contribution in [2.75, 3.05) is 5.75 Å². The molecule has 0 aromatic carbocycles. The van der Waals surface area contributed by atoms with Crippen LogP contribution in [-0.4, -0.2) is 16.8 Å². The lowest BCUT2D eigenvalue weighted by Gasteiger charge is -1.94. The van der Waals surface area contributed by atoms with Gasteiger partial charge in [0.1, 0.15) is 4.88 Å². The fourth-order valence-electron chi connectivity index (χ4n) is 0.871. The van der Waals surface area contributed by atoms with Gasteiger partial charge in [0, 0.05) is 16.7 Å². The maximum Gasteiger partial charge on any atom is 0.345 e. The van der Waals surface area contributed by atoms with E-state index in [9.17, 15) is 4.79 Å². The van der Waals surface area contributed by atoms with Crippen LogP contribution < -0.4 is 0 Å². The SMILES string of the molecule is C#CCCCSc1csc(C(=O)O)c1. The first-order chi connectivity index (χ1) is 6.74. The zero-order valence-corrected chi connectivity index (χ0v) is 9.16. The molecule has 2 nitrogen and oxygen atoms in total. The van der Waals surface area contributed by atoms with Gasteiger partial charge in [-0.2, -0.15) is 0 Å². The number of hydrogen-bond donors (Lipinski definition) is 1. The van der Waals surface area contributed by atoms with Crippen LogP contribution in [0.3, 0.4) is 0 Å². The summed E-state index contributed by atoms with van der Waals surface area (Å²) in [5, 5.41) is 10.5. The van der Waals surface area contributed by atoms with Crippen LogP contribution in [0.1, 0.15) is 22.5 Å². The summed E-state index contributed by atoms with van der Waals surface area (Å²) in [5.74, 6) is 2.66. The van der Waals surface area contributed by atoms with E-state index in [2.05, 4.69) is 5.92 Å². The van der Waals surface area contributed by atoms with E-state index in [-0.39, 0.29) is 0 Å². The predicted molar refractivity (Wildman–Crippen MR) is 60.1 cm³/mol. The molecule has 0 atom stereocenters. The zero-order valence-electron chi connectivity index (χ0n) is 7.53. The largest absolute Gasteiger partial charge is 0.477 e. The average Bonchev–Trinajstić information content (AvgIpc) is 2.61. The van der Waals surface area contributed by atoms with Gasteiger partial charge in [-0.1, -0.05) is 0 Å². The van der Waals surface area contributed by atoms with Gasteiger partial charge in [-0.25, -0.2) is 4.79 Å². The number of carboxylic acid groups (broad SMARTS) is 1. The zero-order chi connectivity index (χ0) is 10.4. The van der Waals surface area contributed by atoms with Crippen molar-refractivity contribution in [2.45, 2.75) is 17.7 Å². The maximum atomic E-state index is 10.6. The van der Waals surface area contributed by atoms with E-state index in [0.717, 1.165) is 23.5 Å². The standard InChI is InChI=1S/C10H10O2S2/c1-2-3-4-5-13-8-6-9(10(11)12)14-7-8/h1,6-7H,3-5H2,(H,11,12). The van der Waals surface area contributed by atoms with E-state index < -0.39 is 5.97 Å². The van der Waals surface area contributed by atoms with Crippen LogP contribution in [0.5, 0.6) is 0 Å². The Morgan fingerprint density at radius 1 is 1.71 bits per heavy atom. The van der Waals surface area contributed by atoms with Gasteiger partial charge in [0.15, 0.2) is 0 Å². The molecule has 0 aliphatic rings. The lowest BCUT2D eigenvalue weighted by atomic mass is 10.4. The summed E-state index contributed by atoms with van der Waals surface area (Å²) < 4.78 is 0. The number of thioether (sulfide) groups is 1. The molecule has 0 aliphatic carbocycles. The lowest BCUT2D eigenvalue weighted by molar-refractivity contribution is 0.0702. The van der Waals surface area contributed by atoms with E-state index in [0.29, 0.717) is 4.88 Å². The summed E-state index contributed by atoms with van der Waals surface area (Å²) >= 11 is 2.91. The Kier molecular flexibility index (Phi) is 4.57. The Bertz CT molecular complexity index is 349. The minimum atomic E-state index is -0.856. The minimum absolute atomic E-state index is 0.393. The number of aromatic carboxylic acids is 1. The Morgan fingerprint density at radius 3 is 3.07 bits per heavy atom. The molecule has 14 heavy (non-hydrogen) atoms. The van der Waals surface area contributed by atoms with Crippen LogP contribution in [0.4, 0.5) is 0 Å². The second-order valence-electron chi connectivity index (χ2n) is 2.61. The van der Waals surface area contributed by atoms with Crippen LogP contribution in [-0.2, 0) is 0 Å². The third-order valence-electron chi connectivity index (χ3n) is 1.52. The van der Waals surface area contributed by atoms with Crippen LogP contribution in [0.15, 0.2) is 16.3 Å². The Balaban J connectivity index is 2.37. The van der Waals surface area contributed by atoms with Gasteiger partial charge in [0.2, 0.25) is 0 Å². The molecule has 0 fully saturated rings. The second kappa shape index (κ2) is 5.74. The highest BCUT2D eigenvalue weighted by atomic mass is 32.2. The van der Waals surface area contributed by atoms with Crippen molar-refractivity contribution >= 4 is 29.1 Å². The van der Waals surface area contributed by atoms with Crippen molar-refractivity contribution < 1.29 is 9.90 Å². The number of terminal acetylenes is 1. The molecule has 0 unspecified atom stereocenters. The maximum absolute atomic E-state index is 10.6. The molecule has 0 radical (unpaired) electrons. The van der Waals surface area contributed by atoms with Crippen LogP contribution in [0.2, 0.25) is 0 Å². The monoisotopic (exact) mass is 226 g/mol. The van der Waals surface area contributed by atoms with Crippen LogP contribution in [0.25, 0.3) is 0 Å². The summed E-state index contributed by atoms with van der Waals surface area (Å²) in [6.07, 6.45) is 6.87. The highest BCUT2D eigenvalue weighted by Gasteiger charge is 2.06. The third-order valence-corrected chi connectivity index (χ3v) is 3.65. The molecule has 1 rings (SSSR count). The van der Waals surface area contributed by atoms with Crippen molar-refractivity contribution in [1.82, 2.24) is 0 Å². The molecule has 0 saturated carbocycles. The number of rotatable bonds is 5. The smallest absolute Gasteiger partial charge is 0.345 e. The van der Waals surface area contributed by atoms with Gasteiger partial charge in [-0.05, 0) is 18.2 Å². The number of thiophene rings is 1. The van der Waals surface area contributed by atoms with Crippen LogP contribution >= 0.6 is 23.1 Å². The second-order valence-corrected chi connectivity index (χ2v) is 4.69. The Labute approximate surface area is 91.3 Å². The van der Waals surface area contributed by atoms with E-state index in [1.807, 2.05) is 5.38 Å². The van der Waals surface area contributed by atoms with Gasteiger partial charge in [0.05, 0.1) is 0 Å². The highest BCUT2D eigenvalue weighted by Crippen LogP contribution is 2.25. The summed E-state index contributed by atoms with van der Waals surface area (Å²) in [4.78, 5) is 12.0. The molecule has 0 spiro atoms. The molecule has 0 saturated heterocycles. The molecule has 0 aliphatic heterocycles. The summed E-state index contributed by atoms with van der Waals surface area (Å²) in [5.41, 5.74) is 0. The van der Waals surface area contributed by atoms with Gasteiger partial charge in [0.25, 0.3) is 0 Å². The summed E-state index contributed by atoms with van der Waals surface area (Å²) in [7, 11) is 0. The van der Waals surface area contributed by atoms with Crippen molar-refractivity contribution in [2.24, 2.45) is 0 Å². The van der Waals surface area contributed by atoms with E-state index in [4.69, 9.17) is 11.5 Å². The Hall–Kier alpha value is -0.920. The molecular weight excluding hydrogens is 216 g/mol. The van der Waals surface area contributed by atoms with Gasteiger partial charge < -0.3 is 5.11 Å². The van der Waals surface area contributed by atoms with Gasteiger partial charge in [-0.3, -0.25) is 0 Å². The van der Waals surface area contributed by atoms with E-state index in [1.165, 1.54) is 11.3 Å². The van der Waals surface area contributed by atoms with E-state index in [1.54, 1.807) is 17.8 Å². The van der Waals surface area contributed by atoms with Crippen molar-refractivity contribution in [3.05, 3.63) is 16.3 Å². The number of unbranched alkanes of at least 4 members (excludes halogenated alkanes) is 1. The molecule has 1 aromatic heterocycles. The highest BCUT2D eigenvalue weighted by molar-refractivity contribution is 7.99. The summed E-state index contributed by atoms with van der Waals surface area (Å²) in [6.45, 7) is 0. The third kappa shape index (κ3) is 3.44. The topological polar surface area (TPSA) is 37.3 Å². The quantitative estimate of drug-likeness (QED) is 0.476. The fourth-order valence-corrected chi connectivity index (χ4v) is 2.69. The first kappa shape index (κ1) is 11.2. The van der Waals surface area contributed by atoms with E-state index >= 15 is 0 Å². The molecule has 74 valence electrons.